The van der Waals surface area contributed by atoms with Crippen LogP contribution in [0.25, 0.3) is 6.08 Å². The molecule has 0 unspecified atom stereocenters. The van der Waals surface area contributed by atoms with Crippen molar-refractivity contribution in [2.75, 3.05) is 20.3 Å². The minimum Gasteiger partial charge on any atom is -0.478 e. The van der Waals surface area contributed by atoms with Gasteiger partial charge in [-0.1, -0.05) is 29.1 Å². The number of methoxy groups -OCH3 is 1. The van der Waals surface area contributed by atoms with E-state index in [1.807, 2.05) is 0 Å². The van der Waals surface area contributed by atoms with E-state index in [0.717, 1.165) is 12.0 Å². The molecule has 0 spiro atoms. The first-order valence-corrected chi connectivity index (χ1v) is 7.59. The molecule has 25 heavy (non-hydrogen) atoms. The van der Waals surface area contributed by atoms with Crippen molar-refractivity contribution in [3.8, 4) is 18.1 Å². The maximum absolute atomic E-state index is 12.2. The number of imide groups is 1. The summed E-state index contributed by atoms with van der Waals surface area (Å²) in [6, 6.07) is 2.26. The van der Waals surface area contributed by atoms with Gasteiger partial charge in [0.25, 0.3) is 5.91 Å². The van der Waals surface area contributed by atoms with Crippen molar-refractivity contribution < 1.29 is 23.9 Å². The molecule has 1 heterocycles. The molecule has 1 aliphatic heterocycles. The van der Waals surface area contributed by atoms with Gasteiger partial charge in [0.05, 0.1) is 17.2 Å². The molecule has 1 N–H and O–H groups in total. The summed E-state index contributed by atoms with van der Waals surface area (Å²) in [5.41, 5.74) is 0.421. The predicted molar refractivity (Wildman–Crippen MR) is 91.0 cm³/mol. The number of nitrogens with zero attached hydrogens (tertiary/aromatic N) is 1. The molecule has 0 atom stereocenters. The maximum atomic E-state index is 12.2. The quantitative estimate of drug-likeness (QED) is 0.364. The first-order chi connectivity index (χ1) is 11.9. The largest absolute Gasteiger partial charge is 0.478 e. The molecule has 130 valence electrons. The fourth-order valence-electron chi connectivity index (χ4n) is 1.99. The van der Waals surface area contributed by atoms with Gasteiger partial charge in [-0.25, -0.2) is 9.69 Å². The third-order valence-corrected chi connectivity index (χ3v) is 3.67. The summed E-state index contributed by atoms with van der Waals surface area (Å²) in [7, 11) is 1.16. The van der Waals surface area contributed by atoms with Gasteiger partial charge in [-0.15, -0.1) is 6.42 Å². The average Bonchev–Trinajstić information content (AvgIpc) is 2.81. The van der Waals surface area contributed by atoms with E-state index < -0.39 is 24.5 Å². The summed E-state index contributed by atoms with van der Waals surface area (Å²) in [6.45, 7) is -0.490. The number of carbonyl (C=O) groups excluding carboxylic acids is 3. The molecule has 1 aliphatic rings. The van der Waals surface area contributed by atoms with E-state index in [1.54, 1.807) is 0 Å². The van der Waals surface area contributed by atoms with Crippen LogP contribution in [0, 0.1) is 12.3 Å². The number of carbonyl (C=O) groups is 3. The molecule has 1 aromatic carbocycles. The number of rotatable bonds is 5. The Morgan fingerprint density at radius 2 is 2.00 bits per heavy atom. The monoisotopic (exact) mass is 382 g/mol. The van der Waals surface area contributed by atoms with Gasteiger partial charge in [0.1, 0.15) is 18.8 Å². The molecule has 0 bridgehead atoms. The molecule has 0 saturated carbocycles. The smallest absolute Gasteiger partial charge is 0.329 e. The van der Waals surface area contributed by atoms with Crippen LogP contribution in [0.3, 0.4) is 0 Å². The summed E-state index contributed by atoms with van der Waals surface area (Å²) in [6.07, 6.45) is 6.49. The van der Waals surface area contributed by atoms with Crippen molar-refractivity contribution in [1.29, 1.82) is 0 Å². The van der Waals surface area contributed by atoms with Crippen LogP contribution in [0.5, 0.6) is 5.75 Å². The lowest BCUT2D eigenvalue weighted by atomic mass is 10.1. The van der Waals surface area contributed by atoms with Crippen LogP contribution < -0.4 is 10.1 Å². The summed E-state index contributed by atoms with van der Waals surface area (Å²) in [4.78, 5) is 36.0. The second kappa shape index (κ2) is 7.92. The van der Waals surface area contributed by atoms with Gasteiger partial charge in [-0.2, -0.15) is 0 Å². The van der Waals surface area contributed by atoms with Crippen LogP contribution in [0.4, 0.5) is 4.79 Å². The molecule has 0 aromatic heterocycles. The number of hydrogen-bond donors (Lipinski definition) is 1. The number of ether oxygens (including phenoxy) is 2. The fraction of sp³-hybridized carbons (Fsp3) is 0.188. The highest BCUT2D eigenvalue weighted by atomic mass is 35.5. The summed E-state index contributed by atoms with van der Waals surface area (Å²) in [5, 5.41) is 2.75. The average molecular weight is 383 g/mol. The third-order valence-electron chi connectivity index (χ3n) is 3.11. The molecule has 1 fully saturated rings. The number of hydrogen-bond acceptors (Lipinski definition) is 5. The van der Waals surface area contributed by atoms with Crippen LogP contribution in [0.1, 0.15) is 5.56 Å². The Hall–Kier alpha value is -2.69. The number of esters is 1. The molecule has 0 radical (unpaired) electrons. The Balaban J connectivity index is 2.26. The number of terminal acetylenes is 1. The molecule has 3 amide bonds. The van der Waals surface area contributed by atoms with Gasteiger partial charge in [0.15, 0.2) is 5.75 Å². The van der Waals surface area contributed by atoms with Crippen molar-refractivity contribution >= 4 is 47.2 Å². The maximum Gasteiger partial charge on any atom is 0.329 e. The van der Waals surface area contributed by atoms with Gasteiger partial charge < -0.3 is 14.8 Å². The first kappa shape index (κ1) is 18.6. The Morgan fingerprint density at radius 1 is 1.36 bits per heavy atom. The van der Waals surface area contributed by atoms with Crippen molar-refractivity contribution in [1.82, 2.24) is 10.2 Å². The van der Waals surface area contributed by atoms with Crippen molar-refractivity contribution in [2.24, 2.45) is 0 Å². The lowest BCUT2D eigenvalue weighted by Gasteiger charge is -2.09. The molecule has 2 rings (SSSR count). The Morgan fingerprint density at radius 3 is 2.56 bits per heavy atom. The van der Waals surface area contributed by atoms with Crippen molar-refractivity contribution in [3.63, 3.8) is 0 Å². The van der Waals surface area contributed by atoms with E-state index in [2.05, 4.69) is 16.0 Å². The second-order valence-electron chi connectivity index (χ2n) is 4.76. The van der Waals surface area contributed by atoms with Gasteiger partial charge in [0, 0.05) is 0 Å². The zero-order valence-corrected chi connectivity index (χ0v) is 14.5. The molecule has 7 nitrogen and oxygen atoms in total. The minimum absolute atomic E-state index is 0.00307. The predicted octanol–water partition coefficient (Wildman–Crippen LogP) is 2.07. The number of nitrogens with one attached hydrogen (secondary N) is 1. The third kappa shape index (κ3) is 4.24. The van der Waals surface area contributed by atoms with Crippen LogP contribution >= 0.6 is 23.2 Å². The molecular formula is C16H12Cl2N2O5. The van der Waals surface area contributed by atoms with Gasteiger partial charge in [-0.3, -0.25) is 9.59 Å². The highest BCUT2D eigenvalue weighted by Gasteiger charge is 2.35. The Bertz CT molecular complexity index is 790. The van der Waals surface area contributed by atoms with Gasteiger partial charge in [-0.05, 0) is 23.8 Å². The van der Waals surface area contributed by atoms with Crippen molar-refractivity contribution in [2.45, 2.75) is 0 Å². The summed E-state index contributed by atoms with van der Waals surface area (Å²) < 4.78 is 9.68. The highest BCUT2D eigenvalue weighted by Crippen LogP contribution is 2.35. The highest BCUT2D eigenvalue weighted by molar-refractivity contribution is 6.37. The van der Waals surface area contributed by atoms with Crippen LogP contribution in [0.15, 0.2) is 17.8 Å². The van der Waals surface area contributed by atoms with Crippen molar-refractivity contribution in [3.05, 3.63) is 33.4 Å². The lowest BCUT2D eigenvalue weighted by Crippen LogP contribution is -2.36. The number of halogens is 2. The SMILES string of the molecule is C#CCOc1c(Cl)cc(C=C2NC(=O)N(CC(=O)OC)C2=O)cc1Cl. The second-order valence-corrected chi connectivity index (χ2v) is 5.58. The molecular weight excluding hydrogens is 371 g/mol. The number of urea groups is 1. The zero-order valence-electron chi connectivity index (χ0n) is 13.0. The topological polar surface area (TPSA) is 84.9 Å². The van der Waals surface area contributed by atoms with E-state index in [4.69, 9.17) is 34.4 Å². The normalized spacial score (nSPS) is 15.1. The minimum atomic E-state index is -0.729. The summed E-state index contributed by atoms with van der Waals surface area (Å²) >= 11 is 12.2. The van der Waals surface area contributed by atoms with Crippen LogP contribution in [-0.2, 0) is 14.3 Å². The molecule has 9 heteroatoms. The lowest BCUT2D eigenvalue weighted by molar-refractivity contribution is -0.143. The fourth-order valence-corrected chi connectivity index (χ4v) is 2.60. The molecule has 1 saturated heterocycles. The van der Waals surface area contributed by atoms with Crippen LogP contribution in [0.2, 0.25) is 10.0 Å². The van der Waals surface area contributed by atoms with Gasteiger partial charge in [0.2, 0.25) is 0 Å². The van der Waals surface area contributed by atoms with E-state index in [-0.39, 0.29) is 28.1 Å². The molecule has 1 aromatic rings. The van der Waals surface area contributed by atoms with E-state index in [0.29, 0.717) is 5.56 Å². The number of amides is 3. The Labute approximate surface area is 153 Å². The molecule has 0 aliphatic carbocycles. The van der Waals surface area contributed by atoms with Crippen LogP contribution in [-0.4, -0.2) is 43.1 Å². The van der Waals surface area contributed by atoms with E-state index in [1.165, 1.54) is 18.2 Å². The Kier molecular flexibility index (Phi) is 5.91. The first-order valence-electron chi connectivity index (χ1n) is 6.84. The van der Waals surface area contributed by atoms with E-state index in [9.17, 15) is 14.4 Å². The van der Waals surface area contributed by atoms with Gasteiger partial charge >= 0.3 is 12.0 Å². The van der Waals surface area contributed by atoms with E-state index >= 15 is 0 Å². The standard InChI is InChI=1S/C16H12Cl2N2O5/c1-3-4-25-14-10(17)5-9(6-11(14)18)7-12-15(22)20(16(23)19-12)8-13(21)24-2/h1,5-7H,4,8H2,2H3,(H,19,23). The number of benzene rings is 1. The summed E-state index contributed by atoms with van der Waals surface area (Å²) in [5.74, 6) is 1.13. The zero-order chi connectivity index (χ0) is 18.6.